The molecule has 1 rings (SSSR count). The number of urea groups is 1. The lowest BCUT2D eigenvalue weighted by Crippen LogP contribution is -2.44. The molecule has 3 N–H and O–H groups in total. The molecule has 0 fully saturated rings. The minimum absolute atomic E-state index is 0.0777. The van der Waals surface area contributed by atoms with E-state index in [-0.39, 0.29) is 18.3 Å². The van der Waals surface area contributed by atoms with Gasteiger partial charge in [0.1, 0.15) is 5.82 Å². The monoisotopic (exact) mass is 287 g/mol. The Hall–Kier alpha value is -1.82. The van der Waals surface area contributed by atoms with Crippen LogP contribution in [0.2, 0.25) is 5.02 Å². The van der Waals surface area contributed by atoms with E-state index in [1.165, 1.54) is 18.2 Å². The topological polar surface area (TPSA) is 70.2 Å². The van der Waals surface area contributed by atoms with E-state index in [1.807, 2.05) is 0 Å². The first kappa shape index (κ1) is 15.2. The average Bonchev–Trinajstić information content (AvgIpc) is 2.29. The highest BCUT2D eigenvalue weighted by Gasteiger charge is 2.09. The highest BCUT2D eigenvalue weighted by atomic mass is 35.5. The summed E-state index contributed by atoms with van der Waals surface area (Å²) in [5.74, 6) is -1.10. The Bertz CT molecular complexity index is 480. The van der Waals surface area contributed by atoms with Crippen LogP contribution in [-0.4, -0.2) is 24.5 Å². The largest absolute Gasteiger partial charge is 0.374 e. The third-order valence-electron chi connectivity index (χ3n) is 2.04. The van der Waals surface area contributed by atoms with Crippen LogP contribution in [0.25, 0.3) is 0 Å². The maximum Gasteiger partial charge on any atom is 0.321 e. The number of hydrogen-bond acceptors (Lipinski definition) is 3. The molecule has 19 heavy (non-hydrogen) atoms. The van der Waals surface area contributed by atoms with Crippen molar-refractivity contribution in [3.05, 3.63) is 29.0 Å². The fourth-order valence-electron chi connectivity index (χ4n) is 1.28. The zero-order valence-corrected chi connectivity index (χ0v) is 11.3. The van der Waals surface area contributed by atoms with Crippen molar-refractivity contribution in [1.29, 1.82) is 0 Å². The van der Waals surface area contributed by atoms with Crippen molar-refractivity contribution in [3.8, 4) is 0 Å². The third-order valence-corrected chi connectivity index (χ3v) is 2.28. The second-order valence-electron chi connectivity index (χ2n) is 4.15. The quantitative estimate of drug-likeness (QED) is 0.794. The Kier molecular flexibility index (Phi) is 5.57. The van der Waals surface area contributed by atoms with Crippen LogP contribution in [0.15, 0.2) is 18.2 Å². The van der Waals surface area contributed by atoms with Crippen LogP contribution >= 0.6 is 11.6 Å². The maximum atomic E-state index is 13.3. The Labute approximate surface area is 115 Å². The summed E-state index contributed by atoms with van der Waals surface area (Å²) in [6.45, 7) is 3.30. The molecule has 0 radical (unpaired) electrons. The number of nitrogens with one attached hydrogen (secondary N) is 3. The Morgan fingerprint density at radius 2 is 2.05 bits per heavy atom. The van der Waals surface area contributed by atoms with Crippen molar-refractivity contribution in [3.63, 3.8) is 0 Å². The Morgan fingerprint density at radius 3 is 2.68 bits per heavy atom. The van der Waals surface area contributed by atoms with Gasteiger partial charge in [-0.25, -0.2) is 9.18 Å². The van der Waals surface area contributed by atoms with Gasteiger partial charge < -0.3 is 10.6 Å². The second-order valence-corrected chi connectivity index (χ2v) is 4.59. The normalized spacial score (nSPS) is 10.2. The van der Waals surface area contributed by atoms with Crippen molar-refractivity contribution < 1.29 is 14.0 Å². The lowest BCUT2D eigenvalue weighted by molar-refractivity contribution is -0.118. The summed E-state index contributed by atoms with van der Waals surface area (Å²) in [5.41, 5.74) is 0.104. The van der Waals surface area contributed by atoms with Crippen LogP contribution < -0.4 is 16.0 Å². The first-order valence-electron chi connectivity index (χ1n) is 5.67. The second kappa shape index (κ2) is 6.94. The lowest BCUT2D eigenvalue weighted by Gasteiger charge is -2.10. The smallest absolute Gasteiger partial charge is 0.321 e. The zero-order chi connectivity index (χ0) is 14.4. The van der Waals surface area contributed by atoms with Crippen LogP contribution in [-0.2, 0) is 4.79 Å². The Balaban J connectivity index is 2.46. The molecule has 0 saturated heterocycles. The number of anilines is 1. The summed E-state index contributed by atoms with van der Waals surface area (Å²) in [4.78, 5) is 22.6. The standard InChI is InChI=1S/C12H15ClFN3O2/c1-7(2)16-12(19)17-11(18)6-15-10-5-8(13)3-4-9(10)14/h3-5,7,15H,6H2,1-2H3,(H2,16,17,18,19). The van der Waals surface area contributed by atoms with Gasteiger partial charge in [-0.2, -0.15) is 0 Å². The van der Waals surface area contributed by atoms with Crippen LogP contribution in [0.4, 0.5) is 14.9 Å². The fourth-order valence-corrected chi connectivity index (χ4v) is 1.45. The van der Waals surface area contributed by atoms with E-state index in [0.29, 0.717) is 5.02 Å². The number of benzene rings is 1. The summed E-state index contributed by atoms with van der Waals surface area (Å²) in [6.07, 6.45) is 0. The molecular weight excluding hydrogens is 273 g/mol. The summed E-state index contributed by atoms with van der Waals surface area (Å²) in [6, 6.07) is 3.28. The van der Waals surface area contributed by atoms with E-state index < -0.39 is 17.8 Å². The minimum atomic E-state index is -0.589. The van der Waals surface area contributed by atoms with Gasteiger partial charge in [-0.15, -0.1) is 0 Å². The number of rotatable bonds is 4. The molecule has 104 valence electrons. The average molecular weight is 288 g/mol. The fraction of sp³-hybridized carbons (Fsp3) is 0.333. The summed E-state index contributed by atoms with van der Waals surface area (Å²) < 4.78 is 13.3. The SMILES string of the molecule is CC(C)NC(=O)NC(=O)CNc1cc(Cl)ccc1F. The summed E-state index contributed by atoms with van der Waals surface area (Å²) in [7, 11) is 0. The molecule has 0 aliphatic rings. The van der Waals surface area contributed by atoms with Crippen LogP contribution in [0.5, 0.6) is 0 Å². The first-order valence-corrected chi connectivity index (χ1v) is 6.05. The third kappa shape index (κ3) is 5.56. The van der Waals surface area contributed by atoms with Crippen molar-refractivity contribution >= 4 is 29.2 Å². The number of imide groups is 1. The van der Waals surface area contributed by atoms with Gasteiger partial charge in [0.25, 0.3) is 0 Å². The van der Waals surface area contributed by atoms with Gasteiger partial charge >= 0.3 is 6.03 Å². The molecule has 0 unspecified atom stereocenters. The van der Waals surface area contributed by atoms with Gasteiger partial charge in [0.2, 0.25) is 5.91 Å². The predicted octanol–water partition coefficient (Wildman–Crippen LogP) is 2.13. The number of hydrogen-bond donors (Lipinski definition) is 3. The van der Waals surface area contributed by atoms with Crippen molar-refractivity contribution in [2.45, 2.75) is 19.9 Å². The van der Waals surface area contributed by atoms with Gasteiger partial charge in [0, 0.05) is 11.1 Å². The molecule has 7 heteroatoms. The van der Waals surface area contributed by atoms with E-state index in [9.17, 15) is 14.0 Å². The van der Waals surface area contributed by atoms with E-state index >= 15 is 0 Å². The van der Waals surface area contributed by atoms with Crippen LogP contribution in [0, 0.1) is 5.82 Å². The number of amides is 3. The molecule has 1 aromatic rings. The van der Waals surface area contributed by atoms with Gasteiger partial charge in [-0.3, -0.25) is 10.1 Å². The van der Waals surface area contributed by atoms with E-state index in [1.54, 1.807) is 13.8 Å². The molecule has 0 spiro atoms. The molecule has 0 atom stereocenters. The van der Waals surface area contributed by atoms with Crippen molar-refractivity contribution in [2.24, 2.45) is 0 Å². The predicted molar refractivity (Wildman–Crippen MR) is 71.7 cm³/mol. The van der Waals surface area contributed by atoms with Crippen LogP contribution in [0.3, 0.4) is 0 Å². The van der Waals surface area contributed by atoms with Crippen molar-refractivity contribution in [2.75, 3.05) is 11.9 Å². The number of carbonyl (C=O) groups excluding carboxylic acids is 2. The van der Waals surface area contributed by atoms with Crippen LogP contribution in [0.1, 0.15) is 13.8 Å². The van der Waals surface area contributed by atoms with E-state index in [0.717, 1.165) is 0 Å². The molecule has 1 aromatic carbocycles. The Morgan fingerprint density at radius 1 is 1.37 bits per heavy atom. The van der Waals surface area contributed by atoms with E-state index in [4.69, 9.17) is 11.6 Å². The molecule has 3 amide bonds. The number of halogens is 2. The number of carbonyl (C=O) groups is 2. The van der Waals surface area contributed by atoms with Gasteiger partial charge in [-0.1, -0.05) is 11.6 Å². The molecule has 0 saturated carbocycles. The van der Waals surface area contributed by atoms with E-state index in [2.05, 4.69) is 16.0 Å². The lowest BCUT2D eigenvalue weighted by atomic mass is 10.3. The molecule has 5 nitrogen and oxygen atoms in total. The molecule has 0 aliphatic heterocycles. The summed E-state index contributed by atoms with van der Waals surface area (Å²) >= 11 is 5.70. The van der Waals surface area contributed by atoms with Gasteiger partial charge in [0.15, 0.2) is 0 Å². The molecule has 0 bridgehead atoms. The minimum Gasteiger partial charge on any atom is -0.374 e. The van der Waals surface area contributed by atoms with Gasteiger partial charge in [0.05, 0.1) is 12.2 Å². The zero-order valence-electron chi connectivity index (χ0n) is 10.6. The highest BCUT2D eigenvalue weighted by molar-refractivity contribution is 6.30. The maximum absolute atomic E-state index is 13.3. The molecular formula is C12H15ClFN3O2. The van der Waals surface area contributed by atoms with Crippen molar-refractivity contribution in [1.82, 2.24) is 10.6 Å². The highest BCUT2D eigenvalue weighted by Crippen LogP contribution is 2.18. The summed E-state index contributed by atoms with van der Waals surface area (Å²) in [5, 5.41) is 7.52. The molecule has 0 aliphatic carbocycles. The first-order chi connectivity index (χ1) is 8.88. The van der Waals surface area contributed by atoms with Gasteiger partial charge in [-0.05, 0) is 32.0 Å². The molecule has 0 aromatic heterocycles. The molecule has 0 heterocycles.